The highest BCUT2D eigenvalue weighted by Gasteiger charge is 2.21. The summed E-state index contributed by atoms with van der Waals surface area (Å²) in [5, 5.41) is 0. The lowest BCUT2D eigenvalue weighted by atomic mass is 9.89. The van der Waals surface area contributed by atoms with E-state index in [0.29, 0.717) is 12.1 Å². The molecule has 4 nitrogen and oxygen atoms in total. The quantitative estimate of drug-likeness (QED) is 0.929. The fourth-order valence-corrected chi connectivity index (χ4v) is 3.48. The van der Waals surface area contributed by atoms with Gasteiger partial charge in [0, 0.05) is 25.2 Å². The average molecular weight is 289 g/mol. The maximum atomic E-state index is 6.16. The predicted octanol–water partition coefficient (Wildman–Crippen LogP) is 2.97. The minimum Gasteiger partial charge on any atom is -0.489 e. The molecule has 1 aromatic heterocycles. The maximum Gasteiger partial charge on any atom is 0.140 e. The topological polar surface area (TPSA) is 51.4 Å². The van der Waals surface area contributed by atoms with Crippen LogP contribution in [0.2, 0.25) is 0 Å². The van der Waals surface area contributed by atoms with E-state index >= 15 is 0 Å². The Morgan fingerprint density at radius 2 is 2.00 bits per heavy atom. The first-order chi connectivity index (χ1) is 10.2. The molecule has 2 aliphatic rings. The normalized spacial score (nSPS) is 27.6. The van der Waals surface area contributed by atoms with Crippen molar-refractivity contribution >= 4 is 5.69 Å². The van der Waals surface area contributed by atoms with Crippen molar-refractivity contribution in [2.24, 2.45) is 11.7 Å². The number of aromatic nitrogens is 1. The average Bonchev–Trinajstić information content (AvgIpc) is 2.48. The van der Waals surface area contributed by atoms with E-state index in [1.54, 1.807) is 0 Å². The monoisotopic (exact) mass is 289 g/mol. The summed E-state index contributed by atoms with van der Waals surface area (Å²) in [5.74, 6) is 1.70. The number of hydrogen-bond acceptors (Lipinski definition) is 4. The van der Waals surface area contributed by atoms with Gasteiger partial charge in [-0.2, -0.15) is 0 Å². The lowest BCUT2D eigenvalue weighted by Crippen LogP contribution is -2.39. The van der Waals surface area contributed by atoms with Crippen LogP contribution in [0.1, 0.15) is 45.4 Å². The molecule has 1 saturated carbocycles. The molecule has 0 radical (unpaired) electrons. The molecule has 1 saturated heterocycles. The van der Waals surface area contributed by atoms with Crippen molar-refractivity contribution in [3.63, 3.8) is 0 Å². The molecule has 0 bridgehead atoms. The Balaban J connectivity index is 1.63. The molecular formula is C17H27N3O. The van der Waals surface area contributed by atoms with Crippen molar-refractivity contribution in [3.8, 4) is 5.75 Å². The van der Waals surface area contributed by atoms with Gasteiger partial charge in [-0.05, 0) is 38.0 Å². The van der Waals surface area contributed by atoms with E-state index in [0.717, 1.165) is 37.6 Å². The molecule has 2 atom stereocenters. The first-order valence-electron chi connectivity index (χ1n) is 8.33. The smallest absolute Gasteiger partial charge is 0.140 e. The molecule has 2 N–H and O–H groups in total. The van der Waals surface area contributed by atoms with E-state index in [9.17, 15) is 0 Å². The number of piperidine rings is 1. The summed E-state index contributed by atoms with van der Waals surface area (Å²) < 4.78 is 6.16. The summed E-state index contributed by atoms with van der Waals surface area (Å²) >= 11 is 0. The van der Waals surface area contributed by atoms with Gasteiger partial charge in [0.15, 0.2) is 0 Å². The van der Waals surface area contributed by atoms with Crippen LogP contribution in [0.3, 0.4) is 0 Å². The molecule has 0 aromatic carbocycles. The van der Waals surface area contributed by atoms with E-state index in [1.165, 1.54) is 31.4 Å². The summed E-state index contributed by atoms with van der Waals surface area (Å²) in [6.07, 6.45) is 11.2. The number of pyridine rings is 1. The fourth-order valence-electron chi connectivity index (χ4n) is 3.48. The van der Waals surface area contributed by atoms with Crippen molar-refractivity contribution < 1.29 is 4.74 Å². The second-order valence-electron chi connectivity index (χ2n) is 6.71. The molecule has 21 heavy (non-hydrogen) atoms. The summed E-state index contributed by atoms with van der Waals surface area (Å²) in [6, 6.07) is 2.50. The van der Waals surface area contributed by atoms with Gasteiger partial charge in [0.25, 0.3) is 0 Å². The van der Waals surface area contributed by atoms with Gasteiger partial charge in [-0.25, -0.2) is 0 Å². The van der Waals surface area contributed by atoms with Crippen LogP contribution >= 0.6 is 0 Å². The van der Waals surface area contributed by atoms with Crippen molar-refractivity contribution in [3.05, 3.63) is 18.5 Å². The second-order valence-corrected chi connectivity index (χ2v) is 6.71. The van der Waals surface area contributed by atoms with Gasteiger partial charge in [-0.1, -0.05) is 13.3 Å². The Hall–Kier alpha value is -1.29. The fraction of sp³-hybridized carbons (Fsp3) is 0.706. The summed E-state index contributed by atoms with van der Waals surface area (Å²) in [4.78, 5) is 6.73. The molecule has 2 fully saturated rings. The van der Waals surface area contributed by atoms with Gasteiger partial charge in [-0.3, -0.25) is 4.98 Å². The van der Waals surface area contributed by atoms with Crippen LogP contribution in [0, 0.1) is 5.92 Å². The van der Waals surface area contributed by atoms with E-state index in [1.807, 2.05) is 12.4 Å². The second kappa shape index (κ2) is 6.65. The van der Waals surface area contributed by atoms with Crippen LogP contribution in [0.4, 0.5) is 5.69 Å². The number of rotatable bonds is 3. The highest BCUT2D eigenvalue weighted by molar-refractivity contribution is 5.48. The van der Waals surface area contributed by atoms with E-state index < -0.39 is 0 Å². The first kappa shape index (κ1) is 14.6. The zero-order valence-electron chi connectivity index (χ0n) is 13.0. The van der Waals surface area contributed by atoms with Gasteiger partial charge in [0.05, 0.1) is 24.2 Å². The lowest BCUT2D eigenvalue weighted by molar-refractivity contribution is 0.129. The van der Waals surface area contributed by atoms with Gasteiger partial charge < -0.3 is 15.4 Å². The molecule has 0 spiro atoms. The molecule has 2 heterocycles. The van der Waals surface area contributed by atoms with Crippen LogP contribution in [0.5, 0.6) is 5.75 Å². The number of anilines is 1. The highest BCUT2D eigenvalue weighted by Crippen LogP contribution is 2.29. The third kappa shape index (κ3) is 3.88. The van der Waals surface area contributed by atoms with Gasteiger partial charge >= 0.3 is 0 Å². The standard InChI is InChI=1S/C17H27N3O/c1-13-3-2-4-16(9-13)21-17-10-15(11-19-12-17)20-7-5-14(18)6-8-20/h10-14,16H,2-9,18H2,1H3. The van der Waals surface area contributed by atoms with Crippen molar-refractivity contribution in [1.82, 2.24) is 4.98 Å². The van der Waals surface area contributed by atoms with E-state index in [4.69, 9.17) is 10.5 Å². The van der Waals surface area contributed by atoms with Gasteiger partial charge in [0.1, 0.15) is 5.75 Å². The number of nitrogens with zero attached hydrogens (tertiary/aromatic N) is 2. The molecule has 1 aliphatic carbocycles. The minimum absolute atomic E-state index is 0.359. The van der Waals surface area contributed by atoms with Crippen LogP contribution in [0.25, 0.3) is 0 Å². The number of ether oxygens (including phenoxy) is 1. The van der Waals surface area contributed by atoms with Crippen LogP contribution in [-0.4, -0.2) is 30.2 Å². The minimum atomic E-state index is 0.359. The van der Waals surface area contributed by atoms with E-state index in [2.05, 4.69) is 22.9 Å². The van der Waals surface area contributed by atoms with Crippen molar-refractivity contribution in [1.29, 1.82) is 0 Å². The third-order valence-corrected chi connectivity index (χ3v) is 4.79. The van der Waals surface area contributed by atoms with E-state index in [-0.39, 0.29) is 0 Å². The molecule has 0 amide bonds. The molecular weight excluding hydrogens is 262 g/mol. The molecule has 4 heteroatoms. The largest absolute Gasteiger partial charge is 0.489 e. The van der Waals surface area contributed by atoms with Gasteiger partial charge in [0.2, 0.25) is 0 Å². The SMILES string of the molecule is CC1CCCC(Oc2cncc(N3CCC(N)CC3)c2)C1. The lowest BCUT2D eigenvalue weighted by Gasteiger charge is -2.32. The number of nitrogens with two attached hydrogens (primary N) is 1. The van der Waals surface area contributed by atoms with Crippen LogP contribution < -0.4 is 15.4 Å². The van der Waals surface area contributed by atoms with Crippen molar-refractivity contribution in [2.45, 2.75) is 57.6 Å². The molecule has 2 unspecified atom stereocenters. The molecule has 1 aliphatic heterocycles. The Morgan fingerprint density at radius 1 is 1.19 bits per heavy atom. The number of hydrogen-bond donors (Lipinski definition) is 1. The van der Waals surface area contributed by atoms with Gasteiger partial charge in [-0.15, -0.1) is 0 Å². The molecule has 3 rings (SSSR count). The Morgan fingerprint density at radius 3 is 2.76 bits per heavy atom. The summed E-state index contributed by atoms with van der Waals surface area (Å²) in [7, 11) is 0. The molecule has 1 aromatic rings. The van der Waals surface area contributed by atoms with Crippen molar-refractivity contribution in [2.75, 3.05) is 18.0 Å². The maximum absolute atomic E-state index is 6.16. The summed E-state index contributed by atoms with van der Waals surface area (Å²) in [5.41, 5.74) is 7.14. The Kier molecular flexibility index (Phi) is 4.63. The van der Waals surface area contributed by atoms with Crippen LogP contribution in [0.15, 0.2) is 18.5 Å². The third-order valence-electron chi connectivity index (χ3n) is 4.79. The predicted molar refractivity (Wildman–Crippen MR) is 85.7 cm³/mol. The highest BCUT2D eigenvalue weighted by atomic mass is 16.5. The zero-order valence-corrected chi connectivity index (χ0v) is 13.0. The summed E-state index contributed by atoms with van der Waals surface area (Å²) in [6.45, 7) is 4.36. The van der Waals surface area contributed by atoms with Crippen LogP contribution in [-0.2, 0) is 0 Å². The molecule has 116 valence electrons. The Labute approximate surface area is 127 Å². The first-order valence-corrected chi connectivity index (χ1v) is 8.33. The Bertz CT molecular complexity index is 457. The zero-order chi connectivity index (χ0) is 14.7.